The number of benzene rings is 12. The largest absolute Gasteiger partial charge is 0.308 e. The average molecular weight is 1170 g/mol. The van der Waals surface area contributed by atoms with E-state index in [9.17, 15) is 0 Å². The molecule has 0 radical (unpaired) electrons. The van der Waals surface area contributed by atoms with E-state index in [0.717, 1.165) is 34.1 Å². The molecule has 0 saturated carbocycles. The van der Waals surface area contributed by atoms with Crippen LogP contribution in [0, 0.1) is 0 Å². The molecule has 17 rings (SSSR count). The summed E-state index contributed by atoms with van der Waals surface area (Å²) in [4.78, 5) is 14.0. The maximum absolute atomic E-state index is 4.62. The van der Waals surface area contributed by atoms with Gasteiger partial charge in [-0.25, -0.2) is 0 Å². The summed E-state index contributed by atoms with van der Waals surface area (Å²) in [6.45, 7) is 14.3. The summed E-state index contributed by atoms with van der Waals surface area (Å²) in [6.07, 6.45) is 16.8. The van der Waals surface area contributed by atoms with Crippen molar-refractivity contribution in [3.63, 3.8) is 0 Å². The van der Waals surface area contributed by atoms with Crippen molar-refractivity contribution in [1.82, 2.24) is 9.97 Å². The molecule has 0 amide bonds. The van der Waals surface area contributed by atoms with Crippen LogP contribution in [0.1, 0.15) is 97.2 Å². The summed E-state index contributed by atoms with van der Waals surface area (Å²) in [5, 5.41) is 9.82. The third-order valence-electron chi connectivity index (χ3n) is 20.3. The number of fused-ring (bicyclic) bond motifs is 15. The molecule has 0 N–H and O–H groups in total. The van der Waals surface area contributed by atoms with Gasteiger partial charge >= 0.3 is 0 Å². The first kappa shape index (κ1) is 54.2. The van der Waals surface area contributed by atoms with E-state index >= 15 is 0 Å². The molecule has 0 atom stereocenters. The quantitative estimate of drug-likeness (QED) is 0.101. The van der Waals surface area contributed by atoms with Crippen LogP contribution in [0.15, 0.2) is 267 Å². The van der Waals surface area contributed by atoms with Gasteiger partial charge in [-0.1, -0.05) is 248 Å². The van der Waals surface area contributed by atoms with Crippen molar-refractivity contribution in [1.29, 1.82) is 0 Å². The smallest absolute Gasteiger partial charge is 0.0645 e. The van der Waals surface area contributed by atoms with Gasteiger partial charge in [0.2, 0.25) is 0 Å². The molecule has 0 bridgehead atoms. The molecule has 4 heteroatoms. The minimum atomic E-state index is -0.231. The van der Waals surface area contributed by atoms with Crippen molar-refractivity contribution < 1.29 is 0 Å². The summed E-state index contributed by atoms with van der Waals surface area (Å²) in [5.74, 6) is 0. The molecule has 91 heavy (non-hydrogen) atoms. The van der Waals surface area contributed by atoms with Gasteiger partial charge < -0.3 is 9.80 Å². The van der Waals surface area contributed by atoms with Crippen LogP contribution in [0.3, 0.4) is 0 Å². The molecule has 0 saturated heterocycles. The van der Waals surface area contributed by atoms with Crippen molar-refractivity contribution in [2.45, 2.75) is 57.8 Å². The molecule has 3 aliphatic carbocycles. The first-order valence-corrected chi connectivity index (χ1v) is 31.8. The number of nitrogens with zero attached hydrogens (tertiary/aromatic N) is 4. The number of rotatable bonds is 10. The highest BCUT2D eigenvalue weighted by Crippen LogP contribution is 2.55. The van der Waals surface area contributed by atoms with E-state index in [4.69, 9.17) is 0 Å². The number of hydrogen-bond donors (Lipinski definition) is 0. The SMILES string of the molecule is CC1(C)c2cc(/C=C/c3ccc4c(c3)C(C)(C)c3cc(N(c5cccnc5)c5cc6ccccc6c6ccccc56)ccc3-4)ccc2-c2ccc(/C=C/c3ccc4c(c3)C(C)(C)c3cc(N(c5cccnc5)c5cc6ccccc6c6ccccc56)ccc3-4)cc21. The van der Waals surface area contributed by atoms with E-state index in [0.29, 0.717) is 0 Å². The summed E-state index contributed by atoms with van der Waals surface area (Å²) in [6, 6.07) is 90.2. The zero-order valence-electron chi connectivity index (χ0n) is 52.0. The maximum atomic E-state index is 4.62. The number of aromatic nitrogens is 2. The Morgan fingerprint density at radius 3 is 0.890 bits per heavy atom. The van der Waals surface area contributed by atoms with E-state index < -0.39 is 0 Å². The van der Waals surface area contributed by atoms with Crippen molar-refractivity contribution in [3.05, 3.63) is 323 Å². The first-order valence-electron chi connectivity index (χ1n) is 31.8. The van der Waals surface area contributed by atoms with Gasteiger partial charge in [0.1, 0.15) is 0 Å². The van der Waals surface area contributed by atoms with Gasteiger partial charge in [0.05, 0.1) is 35.1 Å². The summed E-state index contributed by atoms with van der Waals surface area (Å²) in [5.41, 5.74) is 26.6. The molecule has 0 aliphatic heterocycles. The Bertz CT molecular complexity index is 5060. The van der Waals surface area contributed by atoms with Crippen molar-refractivity contribution in [2.24, 2.45) is 0 Å². The monoisotopic (exact) mass is 1170 g/mol. The van der Waals surface area contributed by atoms with Crippen LogP contribution < -0.4 is 9.80 Å². The minimum absolute atomic E-state index is 0.176. The second kappa shape index (κ2) is 20.6. The molecule has 12 aromatic carbocycles. The van der Waals surface area contributed by atoms with Gasteiger partial charge in [-0.2, -0.15) is 0 Å². The molecule has 2 heterocycles. The molecule has 3 aliphatic rings. The average Bonchev–Trinajstić information content (AvgIpc) is 1.67. The maximum Gasteiger partial charge on any atom is 0.0645 e. The van der Waals surface area contributed by atoms with Crippen LogP contribution >= 0.6 is 0 Å². The summed E-state index contributed by atoms with van der Waals surface area (Å²) < 4.78 is 0. The highest BCUT2D eigenvalue weighted by atomic mass is 15.2. The van der Waals surface area contributed by atoms with E-state index in [1.807, 2.05) is 36.9 Å². The van der Waals surface area contributed by atoms with E-state index in [1.54, 1.807) is 0 Å². The van der Waals surface area contributed by atoms with Crippen molar-refractivity contribution >= 4 is 102 Å². The van der Waals surface area contributed by atoms with Gasteiger partial charge in [-0.05, 0) is 182 Å². The lowest BCUT2D eigenvalue weighted by molar-refractivity contribution is 0.660. The van der Waals surface area contributed by atoms with Gasteiger partial charge in [0.25, 0.3) is 0 Å². The molecule has 0 spiro atoms. The van der Waals surface area contributed by atoms with Crippen molar-refractivity contribution in [2.75, 3.05) is 9.80 Å². The zero-order chi connectivity index (χ0) is 61.3. The van der Waals surface area contributed by atoms with E-state index in [1.165, 1.54) is 132 Å². The lowest BCUT2D eigenvalue weighted by Gasteiger charge is -2.29. The van der Waals surface area contributed by atoms with E-state index in [2.05, 4.69) is 316 Å². The van der Waals surface area contributed by atoms with Crippen LogP contribution in [0.5, 0.6) is 0 Å². The molecule has 2 aromatic heterocycles. The molecule has 4 nitrogen and oxygen atoms in total. The van der Waals surface area contributed by atoms with Gasteiger partial charge in [-0.3, -0.25) is 9.97 Å². The Morgan fingerprint density at radius 1 is 0.264 bits per heavy atom. The van der Waals surface area contributed by atoms with E-state index in [-0.39, 0.29) is 16.2 Å². The molecule has 0 fully saturated rings. The normalized spacial score (nSPS) is 14.4. The third kappa shape index (κ3) is 8.64. The molecule has 434 valence electrons. The topological polar surface area (TPSA) is 32.3 Å². The number of anilines is 6. The summed E-state index contributed by atoms with van der Waals surface area (Å²) >= 11 is 0. The zero-order valence-corrected chi connectivity index (χ0v) is 52.0. The fourth-order valence-corrected chi connectivity index (χ4v) is 15.6. The van der Waals surface area contributed by atoms with Crippen LogP contribution in [-0.2, 0) is 16.2 Å². The fraction of sp³-hybridized carbons (Fsp3) is 0.103. The Hall–Kier alpha value is -10.9. The first-order chi connectivity index (χ1) is 44.4. The second-order valence-corrected chi connectivity index (χ2v) is 26.6. The second-order valence-electron chi connectivity index (χ2n) is 26.6. The van der Waals surface area contributed by atoms with Crippen LogP contribution in [0.25, 0.3) is 101 Å². The molecular weight excluding hydrogens is 1100 g/mol. The van der Waals surface area contributed by atoms with Crippen LogP contribution in [0.4, 0.5) is 34.1 Å². The highest BCUT2D eigenvalue weighted by molar-refractivity contribution is 6.16. The standard InChI is InChI=1S/C87H66N4/c1-85(2)77-45-55(27-29-57-33-39-71-73-41-35-61(51-81(73)86(3,4)79(71)47-57)90(63-19-15-43-88-53-63)83-49-59-17-7-9-21-65(59)67-23-11-13-25-75(67)83)31-37-69(77)70-38-32-56(46-78(70)85)28-30-58-34-40-72-74-42-36-62(52-82(74)87(5,6)80(72)48-58)91(64-20-16-44-89-54-64)84-50-60-18-8-10-22-66(60)68-24-12-14-26-76(68)84/h7-54H,1-6H3/b29-27+,30-28+. The Balaban J connectivity index is 0.624. The lowest BCUT2D eigenvalue weighted by Crippen LogP contribution is -2.17. The number of hydrogen-bond acceptors (Lipinski definition) is 4. The van der Waals surface area contributed by atoms with Gasteiger partial charge in [0, 0.05) is 50.8 Å². The predicted molar refractivity (Wildman–Crippen MR) is 385 cm³/mol. The van der Waals surface area contributed by atoms with Crippen LogP contribution in [-0.4, -0.2) is 9.97 Å². The number of pyridine rings is 2. The third-order valence-corrected chi connectivity index (χ3v) is 20.3. The fourth-order valence-electron chi connectivity index (χ4n) is 15.6. The van der Waals surface area contributed by atoms with Crippen molar-refractivity contribution in [3.8, 4) is 33.4 Å². The Kier molecular flexibility index (Phi) is 12.3. The molecule has 14 aromatic rings. The minimum Gasteiger partial charge on any atom is -0.308 e. The Morgan fingerprint density at radius 2 is 0.560 bits per heavy atom. The predicted octanol–water partition coefficient (Wildman–Crippen LogP) is 23.3. The van der Waals surface area contributed by atoms with Gasteiger partial charge in [0.15, 0.2) is 0 Å². The molecular formula is C87H66N4. The Labute approximate surface area is 532 Å². The van der Waals surface area contributed by atoms with Gasteiger partial charge in [-0.15, -0.1) is 0 Å². The lowest BCUT2D eigenvalue weighted by atomic mass is 9.81. The summed E-state index contributed by atoms with van der Waals surface area (Å²) in [7, 11) is 0. The van der Waals surface area contributed by atoms with Crippen LogP contribution in [0.2, 0.25) is 0 Å². The highest BCUT2D eigenvalue weighted by Gasteiger charge is 2.39. The molecule has 0 unspecified atom stereocenters.